The van der Waals surface area contributed by atoms with Crippen molar-refractivity contribution in [3.05, 3.63) is 40.1 Å². The van der Waals surface area contributed by atoms with E-state index < -0.39 is 93.3 Å². The van der Waals surface area contributed by atoms with Crippen LogP contribution in [0.5, 0.6) is 28.7 Å². The number of fused-ring (bicyclic) bond motifs is 1. The summed E-state index contributed by atoms with van der Waals surface area (Å²) in [6.07, 6.45) is -7.96. The summed E-state index contributed by atoms with van der Waals surface area (Å²) in [4.78, 5) is 12.9. The number of hydrogen-bond donors (Lipinski definition) is 10. The van der Waals surface area contributed by atoms with Gasteiger partial charge in [0.2, 0.25) is 17.0 Å². The van der Waals surface area contributed by atoms with Crippen LogP contribution in [0, 0.1) is 0 Å². The number of aromatic hydroxyl groups is 5. The first kappa shape index (κ1) is 23.6. The highest BCUT2D eigenvalue weighted by molar-refractivity contribution is 5.90. The van der Waals surface area contributed by atoms with Crippen LogP contribution in [0.25, 0.3) is 22.3 Å². The van der Waals surface area contributed by atoms with Gasteiger partial charge in [0.25, 0.3) is 0 Å². The lowest BCUT2D eigenvalue weighted by atomic mass is 9.86. The van der Waals surface area contributed by atoms with Crippen molar-refractivity contribution in [2.45, 2.75) is 30.2 Å². The van der Waals surface area contributed by atoms with Gasteiger partial charge in [0, 0.05) is 11.6 Å². The highest BCUT2D eigenvalue weighted by atomic mass is 16.7. The van der Waals surface area contributed by atoms with E-state index in [9.17, 15) is 55.9 Å². The number of phenolic OH excluding ortho intramolecular Hbond substituents is 4. The Bertz CT molecular complexity index is 1330. The molecule has 34 heavy (non-hydrogen) atoms. The molecule has 13 heteroatoms. The number of phenols is 4. The zero-order valence-electron chi connectivity index (χ0n) is 17.0. The third-order valence-electron chi connectivity index (χ3n) is 5.68. The first-order valence-electron chi connectivity index (χ1n) is 9.75. The van der Waals surface area contributed by atoms with E-state index in [1.165, 1.54) is 6.07 Å². The first-order chi connectivity index (χ1) is 15.9. The molecule has 1 aromatic heterocycles. The monoisotopic (exact) mass is 480 g/mol. The van der Waals surface area contributed by atoms with Gasteiger partial charge < -0.3 is 60.2 Å². The van der Waals surface area contributed by atoms with Crippen LogP contribution >= 0.6 is 0 Å². The standard InChI is InChI=1S/C21H20O13/c22-5-11-14(26)18(30)20(31)21(32,34-11)13-9(25)4-10-12(15(13)27)16(28)17(29)19(33-10)6-1-2-7(23)8(24)3-6/h1-4,11,14,18,20,22-27,29-32H,5H2/t11-,14+,18+,20-,21?/m1/s1. The molecule has 5 atom stereocenters. The number of hydrogen-bond acceptors (Lipinski definition) is 13. The Morgan fingerprint density at radius 1 is 0.882 bits per heavy atom. The summed E-state index contributed by atoms with van der Waals surface area (Å²) in [7, 11) is 0. The zero-order valence-corrected chi connectivity index (χ0v) is 17.0. The summed E-state index contributed by atoms with van der Waals surface area (Å²) < 4.78 is 10.5. The maximum absolute atomic E-state index is 12.9. The van der Waals surface area contributed by atoms with Gasteiger partial charge in [-0.3, -0.25) is 4.79 Å². The molecule has 4 rings (SSSR count). The van der Waals surface area contributed by atoms with E-state index in [1.807, 2.05) is 0 Å². The fourth-order valence-corrected chi connectivity index (χ4v) is 3.89. The Morgan fingerprint density at radius 2 is 1.56 bits per heavy atom. The van der Waals surface area contributed by atoms with Crippen molar-refractivity contribution >= 4 is 11.0 Å². The normalized spacial score (nSPS) is 27.2. The van der Waals surface area contributed by atoms with Crippen LogP contribution in [-0.4, -0.2) is 82.1 Å². The van der Waals surface area contributed by atoms with Gasteiger partial charge in [-0.1, -0.05) is 0 Å². The molecule has 13 nitrogen and oxygen atoms in total. The molecule has 1 unspecified atom stereocenters. The minimum absolute atomic E-state index is 0.0533. The number of ether oxygens (including phenoxy) is 1. The summed E-state index contributed by atoms with van der Waals surface area (Å²) in [5.41, 5.74) is -2.81. The number of benzene rings is 2. The largest absolute Gasteiger partial charge is 0.507 e. The maximum Gasteiger partial charge on any atom is 0.238 e. The highest BCUT2D eigenvalue weighted by Gasteiger charge is 2.56. The molecule has 1 aliphatic heterocycles. The van der Waals surface area contributed by atoms with E-state index in [0.29, 0.717) is 0 Å². The third kappa shape index (κ3) is 3.30. The van der Waals surface area contributed by atoms with Gasteiger partial charge in [0.05, 0.1) is 12.2 Å². The average molecular weight is 480 g/mol. The van der Waals surface area contributed by atoms with E-state index >= 15 is 0 Å². The zero-order chi connectivity index (χ0) is 25.1. The summed E-state index contributed by atoms with van der Waals surface area (Å²) in [6.45, 7) is -0.936. The topological polar surface area (TPSA) is 242 Å². The molecule has 2 heterocycles. The van der Waals surface area contributed by atoms with Crippen molar-refractivity contribution in [1.29, 1.82) is 0 Å². The summed E-state index contributed by atoms with van der Waals surface area (Å²) in [5.74, 6) is -7.92. The second kappa shape index (κ2) is 8.02. The first-order valence-corrected chi connectivity index (χ1v) is 9.75. The molecule has 0 spiro atoms. The minimum Gasteiger partial charge on any atom is -0.507 e. The second-order valence-electron chi connectivity index (χ2n) is 7.77. The molecular formula is C21H20O13. The number of aliphatic hydroxyl groups excluding tert-OH is 4. The van der Waals surface area contributed by atoms with E-state index in [1.54, 1.807) is 0 Å². The lowest BCUT2D eigenvalue weighted by molar-refractivity contribution is -0.358. The fraction of sp³-hybridized carbons (Fsp3) is 0.286. The van der Waals surface area contributed by atoms with Crippen molar-refractivity contribution in [1.82, 2.24) is 0 Å². The van der Waals surface area contributed by atoms with Crippen LogP contribution in [0.1, 0.15) is 5.56 Å². The Hall–Kier alpha value is -3.59. The number of rotatable bonds is 3. The van der Waals surface area contributed by atoms with E-state index in [4.69, 9.17) is 9.15 Å². The van der Waals surface area contributed by atoms with Crippen LogP contribution in [0.3, 0.4) is 0 Å². The molecule has 0 radical (unpaired) electrons. The lowest BCUT2D eigenvalue weighted by Crippen LogP contribution is -2.63. The van der Waals surface area contributed by atoms with E-state index in [-0.39, 0.29) is 5.56 Å². The Kier molecular flexibility index (Phi) is 5.56. The molecule has 2 aromatic carbocycles. The molecule has 10 N–H and O–H groups in total. The molecular weight excluding hydrogens is 460 g/mol. The van der Waals surface area contributed by atoms with Gasteiger partial charge in [-0.2, -0.15) is 0 Å². The minimum atomic E-state index is -3.11. The van der Waals surface area contributed by atoms with Gasteiger partial charge in [0.15, 0.2) is 17.3 Å². The van der Waals surface area contributed by atoms with Gasteiger partial charge in [-0.15, -0.1) is 0 Å². The molecule has 182 valence electrons. The molecule has 0 amide bonds. The SMILES string of the molecule is O=c1c(O)c(-c2ccc(O)c(O)c2)oc2cc(O)c(C3(O)O[C@H](CO)[C@H](O)[C@H](O)[C@H]3O)c(O)c12. The van der Waals surface area contributed by atoms with E-state index in [0.717, 1.165) is 18.2 Å². The van der Waals surface area contributed by atoms with Crippen molar-refractivity contribution in [3.8, 4) is 40.1 Å². The predicted octanol–water partition coefficient (Wildman–Crippen LogP) is -1.39. The Labute approximate surface area is 188 Å². The quantitative estimate of drug-likeness (QED) is 0.194. The summed E-state index contributed by atoms with van der Waals surface area (Å²) >= 11 is 0. The van der Waals surface area contributed by atoms with Crippen LogP contribution in [0.4, 0.5) is 0 Å². The molecule has 0 bridgehead atoms. The predicted molar refractivity (Wildman–Crippen MR) is 110 cm³/mol. The maximum atomic E-state index is 12.9. The highest BCUT2D eigenvalue weighted by Crippen LogP contribution is 2.48. The summed E-state index contributed by atoms with van der Waals surface area (Å²) in [5, 5.41) is 101. The molecule has 0 aliphatic carbocycles. The second-order valence-corrected chi connectivity index (χ2v) is 7.77. The average Bonchev–Trinajstić information content (AvgIpc) is 2.79. The molecule has 0 saturated carbocycles. The Balaban J connectivity index is 1.96. The van der Waals surface area contributed by atoms with Crippen molar-refractivity contribution in [2.75, 3.05) is 6.61 Å². The number of aliphatic hydroxyl groups is 5. The van der Waals surface area contributed by atoms with Crippen LogP contribution < -0.4 is 5.43 Å². The van der Waals surface area contributed by atoms with Gasteiger partial charge in [-0.05, 0) is 18.2 Å². The smallest absolute Gasteiger partial charge is 0.238 e. The van der Waals surface area contributed by atoms with E-state index in [2.05, 4.69) is 0 Å². The van der Waals surface area contributed by atoms with Gasteiger partial charge in [0.1, 0.15) is 46.9 Å². The summed E-state index contributed by atoms with van der Waals surface area (Å²) in [6, 6.07) is 3.98. The molecule has 1 saturated heterocycles. The van der Waals surface area contributed by atoms with Crippen molar-refractivity contribution < 1.29 is 60.2 Å². The molecule has 1 aliphatic rings. The van der Waals surface area contributed by atoms with Gasteiger partial charge >= 0.3 is 0 Å². The van der Waals surface area contributed by atoms with Crippen molar-refractivity contribution in [2.24, 2.45) is 0 Å². The molecule has 3 aromatic rings. The fourth-order valence-electron chi connectivity index (χ4n) is 3.89. The van der Waals surface area contributed by atoms with Crippen LogP contribution in [0.15, 0.2) is 33.5 Å². The van der Waals surface area contributed by atoms with Crippen LogP contribution in [-0.2, 0) is 10.5 Å². The third-order valence-corrected chi connectivity index (χ3v) is 5.68. The van der Waals surface area contributed by atoms with Gasteiger partial charge in [-0.25, -0.2) is 0 Å². The molecule has 1 fully saturated rings. The Morgan fingerprint density at radius 3 is 2.18 bits per heavy atom. The lowest BCUT2D eigenvalue weighted by Gasteiger charge is -2.45. The van der Waals surface area contributed by atoms with Crippen LogP contribution in [0.2, 0.25) is 0 Å². The van der Waals surface area contributed by atoms with Crippen molar-refractivity contribution in [3.63, 3.8) is 0 Å².